The van der Waals surface area contributed by atoms with E-state index in [0.29, 0.717) is 18.3 Å². The van der Waals surface area contributed by atoms with Crippen LogP contribution in [0.2, 0.25) is 0 Å². The molecular weight excluding hydrogens is 302 g/mol. The highest BCUT2D eigenvalue weighted by molar-refractivity contribution is 5.71. The summed E-state index contributed by atoms with van der Waals surface area (Å²) in [6.07, 6.45) is 3.91. The van der Waals surface area contributed by atoms with Crippen LogP contribution in [0.3, 0.4) is 0 Å². The van der Waals surface area contributed by atoms with Crippen LogP contribution in [-0.4, -0.2) is 46.7 Å². The number of hydrogen-bond donors (Lipinski definition) is 3. The van der Waals surface area contributed by atoms with E-state index >= 15 is 0 Å². The Kier molecular flexibility index (Phi) is 5.89. The van der Waals surface area contributed by atoms with Crippen molar-refractivity contribution in [2.45, 2.75) is 38.0 Å². The molecule has 1 aliphatic heterocycles. The number of aliphatic hydroxyl groups excluding tert-OH is 1. The molecule has 0 aliphatic carbocycles. The van der Waals surface area contributed by atoms with Gasteiger partial charge in [0.1, 0.15) is 12.2 Å². The van der Waals surface area contributed by atoms with Crippen molar-refractivity contribution in [1.29, 1.82) is 0 Å². The average molecular weight is 323 g/mol. The fourth-order valence-electron chi connectivity index (χ4n) is 2.45. The van der Waals surface area contributed by atoms with Gasteiger partial charge in [-0.3, -0.25) is 19.1 Å². The first kappa shape index (κ1) is 17.2. The van der Waals surface area contributed by atoms with Gasteiger partial charge in [-0.2, -0.15) is 0 Å². The Morgan fingerprint density at radius 1 is 1.43 bits per heavy atom. The van der Waals surface area contributed by atoms with Crippen molar-refractivity contribution in [2.75, 3.05) is 13.6 Å². The molecule has 0 aromatic carbocycles. The molecule has 0 saturated carbocycles. The number of H-pyrrole nitrogens is 1. The third-order valence-corrected chi connectivity index (χ3v) is 3.70. The summed E-state index contributed by atoms with van der Waals surface area (Å²) in [6, 6.07) is 0. The largest absolute Gasteiger partial charge is 0.482 e. The molecule has 8 heteroatoms. The molecule has 8 nitrogen and oxygen atoms in total. The van der Waals surface area contributed by atoms with Gasteiger partial charge in [0, 0.05) is 11.8 Å². The van der Waals surface area contributed by atoms with E-state index in [9.17, 15) is 19.5 Å². The summed E-state index contributed by atoms with van der Waals surface area (Å²) >= 11 is 0. The quantitative estimate of drug-likeness (QED) is 0.414. The minimum atomic E-state index is -0.965. The molecule has 2 atom stereocenters. The zero-order valence-electron chi connectivity index (χ0n) is 12.9. The zero-order valence-corrected chi connectivity index (χ0v) is 12.9. The van der Waals surface area contributed by atoms with Crippen LogP contribution in [0, 0.1) is 0 Å². The van der Waals surface area contributed by atoms with Gasteiger partial charge in [-0.1, -0.05) is 0 Å². The maximum atomic E-state index is 11.9. The van der Waals surface area contributed by atoms with Gasteiger partial charge in [0.15, 0.2) is 12.0 Å². The number of carbonyl (C=O) groups is 1. The number of nitrogens with one attached hydrogen (secondary N) is 2. The molecular formula is C15H21N3O5. The molecule has 126 valence electrons. The second-order valence-corrected chi connectivity index (χ2v) is 5.46. The number of aldehydes is 1. The molecule has 2 rings (SSSR count). The van der Waals surface area contributed by atoms with Gasteiger partial charge < -0.3 is 15.2 Å². The van der Waals surface area contributed by atoms with E-state index in [1.807, 2.05) is 7.05 Å². The highest BCUT2D eigenvalue weighted by atomic mass is 16.5. The van der Waals surface area contributed by atoms with Crippen molar-refractivity contribution in [3.05, 3.63) is 44.4 Å². The summed E-state index contributed by atoms with van der Waals surface area (Å²) in [5, 5.41) is 12.8. The number of aliphatic hydroxyl groups is 1. The molecule has 0 bridgehead atoms. The smallest absolute Gasteiger partial charge is 0.328 e. The minimum absolute atomic E-state index is 0.0484. The van der Waals surface area contributed by atoms with Crippen molar-refractivity contribution in [1.82, 2.24) is 14.9 Å². The number of carbonyl (C=O) groups excluding carboxylic acids is 1. The lowest BCUT2D eigenvalue weighted by Gasteiger charge is -2.16. The first-order chi connectivity index (χ1) is 11.0. The lowest BCUT2D eigenvalue weighted by Crippen LogP contribution is -2.37. The third kappa shape index (κ3) is 4.40. The minimum Gasteiger partial charge on any atom is -0.482 e. The summed E-state index contributed by atoms with van der Waals surface area (Å²) in [5.74, 6) is 0.0484. The summed E-state index contributed by atoms with van der Waals surface area (Å²) in [7, 11) is 1.86. The maximum Gasteiger partial charge on any atom is 0.328 e. The zero-order chi connectivity index (χ0) is 16.8. The maximum absolute atomic E-state index is 11.9. The molecule has 0 fully saturated rings. The van der Waals surface area contributed by atoms with Crippen LogP contribution >= 0.6 is 0 Å². The van der Waals surface area contributed by atoms with Crippen LogP contribution < -0.4 is 16.6 Å². The number of unbranched alkanes of at least 4 members (excludes halogenated alkanes) is 1. The van der Waals surface area contributed by atoms with Crippen molar-refractivity contribution in [2.24, 2.45) is 0 Å². The average Bonchev–Trinajstić information content (AvgIpc) is 2.88. The van der Waals surface area contributed by atoms with Crippen LogP contribution in [0.15, 0.2) is 27.6 Å². The van der Waals surface area contributed by atoms with E-state index in [-0.39, 0.29) is 12.3 Å². The highest BCUT2D eigenvalue weighted by Crippen LogP contribution is 2.17. The number of allylic oxidation sites excluding steroid dienone is 1. The molecule has 0 radical (unpaired) electrons. The fourth-order valence-corrected chi connectivity index (χ4v) is 2.45. The fraction of sp³-hybridized carbons (Fsp3) is 0.533. The number of rotatable bonds is 8. The number of nitrogens with zero attached hydrogens (tertiary/aromatic N) is 1. The van der Waals surface area contributed by atoms with Gasteiger partial charge >= 0.3 is 5.69 Å². The lowest BCUT2D eigenvalue weighted by atomic mass is 10.1. The van der Waals surface area contributed by atoms with Gasteiger partial charge in [0.2, 0.25) is 0 Å². The number of hydrogen-bond acceptors (Lipinski definition) is 6. The summed E-state index contributed by atoms with van der Waals surface area (Å²) < 4.78 is 6.54. The van der Waals surface area contributed by atoms with Crippen LogP contribution in [-0.2, 0) is 22.5 Å². The Hall–Kier alpha value is -2.19. The Balaban J connectivity index is 2.08. The number of aromatic nitrogens is 2. The first-order valence-corrected chi connectivity index (χ1v) is 7.54. The first-order valence-electron chi connectivity index (χ1n) is 7.54. The molecule has 0 amide bonds. The van der Waals surface area contributed by atoms with E-state index in [1.54, 1.807) is 0 Å². The third-order valence-electron chi connectivity index (χ3n) is 3.70. The molecule has 1 aromatic heterocycles. The molecule has 0 spiro atoms. The van der Waals surface area contributed by atoms with E-state index in [4.69, 9.17) is 4.74 Å². The molecule has 0 saturated heterocycles. The van der Waals surface area contributed by atoms with Gasteiger partial charge in [0.25, 0.3) is 5.56 Å². The number of ether oxygens (including phenoxy) is 1. The van der Waals surface area contributed by atoms with Gasteiger partial charge in [-0.15, -0.1) is 0 Å². The van der Waals surface area contributed by atoms with Crippen molar-refractivity contribution >= 4 is 6.29 Å². The molecule has 23 heavy (non-hydrogen) atoms. The number of aromatic amines is 1. The predicted molar refractivity (Wildman–Crippen MR) is 83.2 cm³/mol. The Bertz CT molecular complexity index is 691. The molecule has 3 N–H and O–H groups in total. The van der Waals surface area contributed by atoms with E-state index in [2.05, 4.69) is 10.3 Å². The highest BCUT2D eigenvalue weighted by Gasteiger charge is 2.28. The molecule has 2 heterocycles. The van der Waals surface area contributed by atoms with Crippen LogP contribution in [0.25, 0.3) is 0 Å². The lowest BCUT2D eigenvalue weighted by molar-refractivity contribution is -0.108. The molecule has 1 aromatic rings. The van der Waals surface area contributed by atoms with Crippen LogP contribution in [0.5, 0.6) is 0 Å². The summed E-state index contributed by atoms with van der Waals surface area (Å²) in [5.41, 5.74) is -0.448. The van der Waals surface area contributed by atoms with E-state index < -0.39 is 23.5 Å². The SMILES string of the molecule is CNCCCCc1cn(CC2OC(C=O)=CC2O)c(=O)[nH]c1=O. The van der Waals surface area contributed by atoms with E-state index in [0.717, 1.165) is 19.4 Å². The summed E-state index contributed by atoms with van der Waals surface area (Å²) in [4.78, 5) is 36.7. The standard InChI is InChI=1S/C15H21N3O5/c1-16-5-3-2-4-10-7-18(15(22)17-14(10)21)8-13-12(20)6-11(9-19)23-13/h6-7,9,12-13,16,20H,2-5,8H2,1H3,(H,17,21,22). The van der Waals surface area contributed by atoms with Gasteiger partial charge in [0.05, 0.1) is 6.54 Å². The van der Waals surface area contributed by atoms with Gasteiger partial charge in [-0.05, 0) is 38.9 Å². The van der Waals surface area contributed by atoms with E-state index in [1.165, 1.54) is 16.8 Å². The van der Waals surface area contributed by atoms with Crippen molar-refractivity contribution in [3.8, 4) is 0 Å². The predicted octanol–water partition coefficient (Wildman–Crippen LogP) is -1.08. The van der Waals surface area contributed by atoms with Crippen LogP contribution in [0.4, 0.5) is 0 Å². The summed E-state index contributed by atoms with van der Waals surface area (Å²) in [6.45, 7) is 0.911. The topological polar surface area (TPSA) is 113 Å². The normalized spacial score (nSPS) is 20.2. The Morgan fingerprint density at radius 3 is 2.87 bits per heavy atom. The molecule has 2 unspecified atom stereocenters. The second-order valence-electron chi connectivity index (χ2n) is 5.46. The van der Waals surface area contributed by atoms with Gasteiger partial charge in [-0.25, -0.2) is 4.79 Å². The second kappa shape index (κ2) is 7.89. The Labute approximate surface area is 132 Å². The van der Waals surface area contributed by atoms with Crippen molar-refractivity contribution < 1.29 is 14.6 Å². The number of aryl methyl sites for hydroxylation is 1. The Morgan fingerprint density at radius 2 is 2.22 bits per heavy atom. The van der Waals surface area contributed by atoms with Crippen molar-refractivity contribution in [3.63, 3.8) is 0 Å². The molecule has 1 aliphatic rings. The van der Waals surface area contributed by atoms with Crippen LogP contribution in [0.1, 0.15) is 18.4 Å². The monoisotopic (exact) mass is 323 g/mol.